The van der Waals surface area contributed by atoms with Gasteiger partial charge in [0.2, 0.25) is 0 Å². The third kappa shape index (κ3) is 2.15. The molecule has 1 aromatic rings. The zero-order valence-corrected chi connectivity index (χ0v) is 7.71. The summed E-state index contributed by atoms with van der Waals surface area (Å²) in [4.78, 5) is 0. The Labute approximate surface area is 79.3 Å². The normalized spacial score (nSPS) is 13.0. The molecule has 72 valence electrons. The smallest absolute Gasteiger partial charge is 0.145 e. The van der Waals surface area contributed by atoms with Crippen molar-refractivity contribution < 1.29 is 13.2 Å². The summed E-state index contributed by atoms with van der Waals surface area (Å²) in [5, 5.41) is -0.546. The van der Waals surface area contributed by atoms with Crippen molar-refractivity contribution in [3.63, 3.8) is 0 Å². The Morgan fingerprint density at radius 2 is 1.77 bits per heavy atom. The summed E-state index contributed by atoms with van der Waals surface area (Å²) in [6.45, 7) is 0.891. The van der Waals surface area contributed by atoms with Crippen LogP contribution in [-0.2, 0) is 0 Å². The fourth-order valence-corrected chi connectivity index (χ4v) is 1.06. The number of hydrogen-bond donors (Lipinski definition) is 0. The Balaban J connectivity index is 3.13. The lowest BCUT2D eigenvalue weighted by Gasteiger charge is -2.08. The van der Waals surface area contributed by atoms with Gasteiger partial charge in [-0.1, -0.05) is 18.5 Å². The Bertz CT molecular complexity index is 289. The number of hydrogen-bond acceptors (Lipinski definition) is 0. The second-order valence-corrected chi connectivity index (χ2v) is 3.23. The van der Waals surface area contributed by atoms with E-state index in [2.05, 4.69) is 0 Å². The fraction of sp³-hybridized carbons (Fsp3) is 0.333. The van der Waals surface area contributed by atoms with Crippen LogP contribution in [0, 0.1) is 11.6 Å². The van der Waals surface area contributed by atoms with Gasteiger partial charge in [0.15, 0.2) is 0 Å². The Kier molecular flexibility index (Phi) is 3.20. The molecule has 1 rings (SSSR count). The van der Waals surface area contributed by atoms with E-state index < -0.39 is 29.2 Å². The lowest BCUT2D eigenvalue weighted by Crippen LogP contribution is -1.98. The first-order valence-electron chi connectivity index (χ1n) is 3.76. The summed E-state index contributed by atoms with van der Waals surface area (Å²) in [5.41, 5.74) is 0.280. The van der Waals surface area contributed by atoms with Crippen molar-refractivity contribution in [3.8, 4) is 0 Å². The first kappa shape index (κ1) is 10.4. The molecular weight excluding hydrogens is 201 g/mol. The molecule has 0 aliphatic carbocycles. The summed E-state index contributed by atoms with van der Waals surface area (Å²) in [5.74, 6) is -2.21. The molecule has 1 aromatic carbocycles. The van der Waals surface area contributed by atoms with Crippen LogP contribution in [0.5, 0.6) is 0 Å². The average Bonchev–Trinajstić information content (AvgIpc) is 2.12. The van der Waals surface area contributed by atoms with Crippen LogP contribution in [0.3, 0.4) is 0 Å². The molecule has 0 saturated carbocycles. The highest BCUT2D eigenvalue weighted by molar-refractivity contribution is 6.30. The standard InChI is InChI=1S/C9H8ClF3/c1-5(4-11)6-2-7(12)9(10)8(13)3-6/h2-3,5H,4H2,1H3. The molecule has 0 bridgehead atoms. The Morgan fingerprint density at radius 1 is 1.31 bits per heavy atom. The monoisotopic (exact) mass is 208 g/mol. The van der Waals surface area contributed by atoms with Gasteiger partial charge in [0.25, 0.3) is 0 Å². The Hall–Kier alpha value is -0.700. The van der Waals surface area contributed by atoms with Gasteiger partial charge in [-0.2, -0.15) is 0 Å². The Morgan fingerprint density at radius 3 is 2.15 bits per heavy atom. The maximum Gasteiger partial charge on any atom is 0.145 e. The fourth-order valence-electron chi connectivity index (χ4n) is 0.949. The summed E-state index contributed by atoms with van der Waals surface area (Å²) in [6.07, 6.45) is 0. The van der Waals surface area contributed by atoms with Gasteiger partial charge in [0.05, 0.1) is 6.67 Å². The van der Waals surface area contributed by atoms with Gasteiger partial charge in [0, 0.05) is 5.92 Å². The van der Waals surface area contributed by atoms with Crippen molar-refractivity contribution in [2.24, 2.45) is 0 Å². The van der Waals surface area contributed by atoms with Crippen LogP contribution in [0.4, 0.5) is 13.2 Å². The van der Waals surface area contributed by atoms with Crippen LogP contribution >= 0.6 is 11.6 Å². The molecule has 0 fully saturated rings. The van der Waals surface area contributed by atoms with Gasteiger partial charge < -0.3 is 0 Å². The van der Waals surface area contributed by atoms with Crippen LogP contribution in [0.2, 0.25) is 5.02 Å². The highest BCUT2D eigenvalue weighted by atomic mass is 35.5. The molecule has 1 atom stereocenters. The topological polar surface area (TPSA) is 0 Å². The van der Waals surface area contributed by atoms with E-state index >= 15 is 0 Å². The average molecular weight is 209 g/mol. The largest absolute Gasteiger partial charge is 0.250 e. The van der Waals surface area contributed by atoms with Gasteiger partial charge in [-0.3, -0.25) is 4.39 Å². The zero-order chi connectivity index (χ0) is 10.0. The minimum atomic E-state index is -0.850. The van der Waals surface area contributed by atoms with Gasteiger partial charge in [-0.05, 0) is 17.7 Å². The highest BCUT2D eigenvalue weighted by Gasteiger charge is 2.12. The third-order valence-corrected chi connectivity index (χ3v) is 2.17. The van der Waals surface area contributed by atoms with Crippen molar-refractivity contribution in [3.05, 3.63) is 34.4 Å². The van der Waals surface area contributed by atoms with Gasteiger partial charge in [-0.25, -0.2) is 8.78 Å². The number of benzene rings is 1. The van der Waals surface area contributed by atoms with E-state index in [4.69, 9.17) is 11.6 Å². The summed E-state index contributed by atoms with van der Waals surface area (Å²) in [6, 6.07) is 2.10. The second-order valence-electron chi connectivity index (χ2n) is 2.85. The van der Waals surface area contributed by atoms with Crippen molar-refractivity contribution in [2.45, 2.75) is 12.8 Å². The number of alkyl halides is 1. The molecule has 0 spiro atoms. The second kappa shape index (κ2) is 4.01. The summed E-state index contributed by atoms with van der Waals surface area (Å²) >= 11 is 5.25. The molecule has 13 heavy (non-hydrogen) atoms. The van der Waals surface area contributed by atoms with E-state index in [0.29, 0.717) is 0 Å². The van der Waals surface area contributed by atoms with Crippen LogP contribution in [0.25, 0.3) is 0 Å². The van der Waals surface area contributed by atoms with E-state index in [9.17, 15) is 13.2 Å². The molecule has 4 heteroatoms. The number of rotatable bonds is 2. The molecule has 1 unspecified atom stereocenters. The van der Waals surface area contributed by atoms with Gasteiger partial charge >= 0.3 is 0 Å². The van der Waals surface area contributed by atoms with Gasteiger partial charge in [0.1, 0.15) is 16.7 Å². The first-order valence-corrected chi connectivity index (χ1v) is 4.14. The molecule has 0 amide bonds. The van der Waals surface area contributed by atoms with E-state index in [1.165, 1.54) is 0 Å². The quantitative estimate of drug-likeness (QED) is 0.651. The van der Waals surface area contributed by atoms with E-state index in [1.807, 2.05) is 0 Å². The third-order valence-electron chi connectivity index (χ3n) is 1.81. The van der Waals surface area contributed by atoms with Gasteiger partial charge in [-0.15, -0.1) is 0 Å². The van der Waals surface area contributed by atoms with Crippen LogP contribution in [-0.4, -0.2) is 6.67 Å². The molecule has 0 aromatic heterocycles. The zero-order valence-electron chi connectivity index (χ0n) is 6.95. The SMILES string of the molecule is CC(CF)c1cc(F)c(Cl)c(F)c1. The predicted octanol–water partition coefficient (Wildman–Crippen LogP) is 3.69. The molecule has 0 aliphatic heterocycles. The molecule has 0 nitrogen and oxygen atoms in total. The summed E-state index contributed by atoms with van der Waals surface area (Å²) < 4.78 is 37.8. The lowest BCUT2D eigenvalue weighted by atomic mass is 10.0. The van der Waals surface area contributed by atoms with Crippen molar-refractivity contribution >= 4 is 11.6 Å². The molecular formula is C9H8ClF3. The maximum absolute atomic E-state index is 12.8. The lowest BCUT2D eigenvalue weighted by molar-refractivity contribution is 0.444. The van der Waals surface area contributed by atoms with Crippen molar-refractivity contribution in [1.82, 2.24) is 0 Å². The number of halogens is 4. The molecule has 0 radical (unpaired) electrons. The molecule has 0 heterocycles. The molecule has 0 saturated heterocycles. The van der Waals surface area contributed by atoms with Crippen molar-refractivity contribution in [2.75, 3.05) is 6.67 Å². The van der Waals surface area contributed by atoms with E-state index in [0.717, 1.165) is 12.1 Å². The molecule has 0 aliphatic rings. The minimum Gasteiger partial charge on any atom is -0.250 e. The van der Waals surface area contributed by atoms with Crippen LogP contribution < -0.4 is 0 Å². The first-order chi connectivity index (χ1) is 6.06. The van der Waals surface area contributed by atoms with Crippen molar-refractivity contribution in [1.29, 1.82) is 0 Å². The summed E-state index contributed by atoms with van der Waals surface area (Å²) in [7, 11) is 0. The maximum atomic E-state index is 12.8. The molecule has 0 N–H and O–H groups in total. The highest BCUT2D eigenvalue weighted by Crippen LogP contribution is 2.24. The van der Waals surface area contributed by atoms with Crippen LogP contribution in [0.1, 0.15) is 18.4 Å². The predicted molar refractivity (Wildman–Crippen MR) is 45.8 cm³/mol. The van der Waals surface area contributed by atoms with E-state index in [-0.39, 0.29) is 5.56 Å². The van der Waals surface area contributed by atoms with E-state index in [1.54, 1.807) is 6.92 Å². The van der Waals surface area contributed by atoms with Crippen LogP contribution in [0.15, 0.2) is 12.1 Å². The minimum absolute atomic E-state index is 0.280.